The number of aromatic nitrogens is 1. The molecule has 6 rings (SSSR count). The summed E-state index contributed by atoms with van der Waals surface area (Å²) in [5.74, 6) is 0.150. The van der Waals surface area contributed by atoms with Gasteiger partial charge in [0.05, 0.1) is 32.4 Å². The highest BCUT2D eigenvalue weighted by atomic mass is 19.1. The second-order valence-corrected chi connectivity index (χ2v) is 11.4. The number of aliphatic imine (C=N–C) groups is 1. The summed E-state index contributed by atoms with van der Waals surface area (Å²) in [5, 5.41) is 3.94. The molecule has 0 saturated heterocycles. The van der Waals surface area contributed by atoms with Crippen molar-refractivity contribution < 1.29 is 30.6 Å². The average molecular weight is 652 g/mol. The van der Waals surface area contributed by atoms with E-state index in [9.17, 15) is 13.6 Å². The first-order valence-electron chi connectivity index (χ1n) is 15.6. The molecule has 9 heteroatoms. The third-order valence-electron chi connectivity index (χ3n) is 8.12. The van der Waals surface area contributed by atoms with Gasteiger partial charge in [0.1, 0.15) is 24.0 Å². The highest BCUT2D eigenvalue weighted by Gasteiger charge is 2.25. The van der Waals surface area contributed by atoms with E-state index in [1.54, 1.807) is 26.6 Å². The number of carbonyl (C=O) groups is 1. The van der Waals surface area contributed by atoms with Crippen LogP contribution < -0.4 is 19.5 Å². The second kappa shape index (κ2) is 14.8. The van der Waals surface area contributed by atoms with Crippen molar-refractivity contribution in [2.24, 2.45) is 4.99 Å². The van der Waals surface area contributed by atoms with Gasteiger partial charge in [-0.2, -0.15) is 0 Å². The first kappa shape index (κ1) is 32.2. The zero-order chi connectivity index (χ0) is 33.5. The van der Waals surface area contributed by atoms with Crippen molar-refractivity contribution in [1.82, 2.24) is 10.3 Å². The molecular formula is C39H39F2N3O4. The van der Waals surface area contributed by atoms with E-state index in [-0.39, 0.29) is 21.6 Å². The third-order valence-corrected chi connectivity index (χ3v) is 8.12. The van der Waals surface area contributed by atoms with E-state index in [0.717, 1.165) is 39.2 Å². The van der Waals surface area contributed by atoms with E-state index in [1.807, 2.05) is 78.9 Å². The molecule has 5 aromatic rings. The summed E-state index contributed by atoms with van der Waals surface area (Å²) in [6.07, 6.45) is 8.19. The molecule has 248 valence electrons. The number of nitrogens with one attached hydrogen (secondary N) is 2. The van der Waals surface area contributed by atoms with Crippen LogP contribution in [-0.2, 0) is 24.2 Å². The SMILES string of the molecule is COc1ccc(C2=CCC=CN=C2[C@H](Cc2cc(F)cc(F)c2)NC(=O)Cc2c[nH]c3cc(OC)c(OCc4ccccc4)cc23)cc1.[HH].[HH]. The summed E-state index contributed by atoms with van der Waals surface area (Å²) >= 11 is 0. The highest BCUT2D eigenvalue weighted by molar-refractivity contribution is 6.27. The fourth-order valence-electron chi connectivity index (χ4n) is 5.81. The lowest BCUT2D eigenvalue weighted by Crippen LogP contribution is -2.43. The van der Waals surface area contributed by atoms with Crippen LogP contribution in [0.3, 0.4) is 0 Å². The van der Waals surface area contributed by atoms with Crippen LogP contribution in [0.15, 0.2) is 114 Å². The number of rotatable bonds is 12. The molecule has 4 aromatic carbocycles. The quantitative estimate of drug-likeness (QED) is 0.142. The van der Waals surface area contributed by atoms with Crippen LogP contribution in [0, 0.1) is 11.6 Å². The van der Waals surface area contributed by atoms with Crippen molar-refractivity contribution in [2.45, 2.75) is 31.9 Å². The van der Waals surface area contributed by atoms with Gasteiger partial charge in [0.2, 0.25) is 5.91 Å². The number of amides is 1. The van der Waals surface area contributed by atoms with Gasteiger partial charge in [-0.1, -0.05) is 54.6 Å². The minimum atomic E-state index is -0.704. The fraction of sp³-hybridized carbons (Fsp3) is 0.179. The van der Waals surface area contributed by atoms with Gasteiger partial charge in [0.25, 0.3) is 0 Å². The summed E-state index contributed by atoms with van der Waals surface area (Å²) in [6, 6.07) is 23.7. The van der Waals surface area contributed by atoms with Crippen LogP contribution in [0.25, 0.3) is 16.5 Å². The Bertz CT molecular complexity index is 1990. The smallest absolute Gasteiger partial charge is 0.225 e. The van der Waals surface area contributed by atoms with Crippen molar-refractivity contribution in [2.75, 3.05) is 14.2 Å². The molecule has 0 unspecified atom stereocenters. The standard InChI is InChI=1S/C39H35F2N3O4.2H2/c1-46-31-13-11-27(12-14-31)32-10-6-7-15-42-39(32)35(18-26-16-29(40)20-30(41)17-26)44-38(45)19-28-23-43-34-22-36(47-2)37(21-33(28)34)48-24-25-8-4-3-5-9-25;;/h3-5,7-17,20-23,35,43H,6,18-19,24H2,1-2H3,(H,44,45);2*1H/t35-;;/m0../s1. The van der Waals surface area contributed by atoms with Crippen molar-refractivity contribution in [1.29, 1.82) is 0 Å². The van der Waals surface area contributed by atoms with E-state index in [1.165, 1.54) is 12.1 Å². The predicted molar refractivity (Wildman–Crippen MR) is 188 cm³/mol. The maximum atomic E-state index is 14.3. The molecule has 0 fully saturated rings. The van der Waals surface area contributed by atoms with E-state index in [0.29, 0.717) is 41.6 Å². The zero-order valence-electron chi connectivity index (χ0n) is 26.6. The van der Waals surface area contributed by atoms with Crippen LogP contribution >= 0.6 is 0 Å². The lowest BCUT2D eigenvalue weighted by molar-refractivity contribution is -0.120. The third kappa shape index (κ3) is 7.63. The van der Waals surface area contributed by atoms with Gasteiger partial charge in [0, 0.05) is 43.9 Å². The second-order valence-electron chi connectivity index (χ2n) is 11.4. The molecule has 0 radical (unpaired) electrons. The minimum absolute atomic E-state index is 0. The number of ether oxygens (including phenoxy) is 3. The number of allylic oxidation sites excluding steroid dienone is 2. The van der Waals surface area contributed by atoms with Gasteiger partial charge in [-0.15, -0.1) is 0 Å². The van der Waals surface area contributed by atoms with E-state index in [4.69, 9.17) is 19.2 Å². The number of hydrogen-bond acceptors (Lipinski definition) is 5. The molecule has 7 nitrogen and oxygen atoms in total. The molecule has 1 aliphatic heterocycles. The van der Waals surface area contributed by atoms with Gasteiger partial charge in [-0.25, -0.2) is 8.78 Å². The number of methoxy groups -OCH3 is 2. The molecule has 1 amide bonds. The summed E-state index contributed by atoms with van der Waals surface area (Å²) in [5.41, 5.74) is 5.20. The van der Waals surface area contributed by atoms with Crippen molar-refractivity contribution in [3.8, 4) is 17.2 Å². The normalized spacial score (nSPS) is 13.3. The number of nitrogens with zero attached hydrogens (tertiary/aromatic N) is 1. The number of fused-ring (bicyclic) bond motifs is 1. The Kier molecular flexibility index (Phi) is 9.95. The molecule has 0 bridgehead atoms. The lowest BCUT2D eigenvalue weighted by Gasteiger charge is -2.23. The number of hydrogen-bond donors (Lipinski definition) is 2. The van der Waals surface area contributed by atoms with Gasteiger partial charge in [0.15, 0.2) is 11.5 Å². The monoisotopic (exact) mass is 651 g/mol. The summed E-state index contributed by atoms with van der Waals surface area (Å²) in [4.78, 5) is 21.8. The first-order valence-corrected chi connectivity index (χ1v) is 15.6. The Hall–Kier alpha value is -5.70. The number of carbonyl (C=O) groups excluding carboxylic acids is 1. The molecule has 2 heterocycles. The van der Waals surface area contributed by atoms with Gasteiger partial charge in [-0.3, -0.25) is 9.79 Å². The lowest BCUT2D eigenvalue weighted by atomic mass is 9.91. The van der Waals surface area contributed by atoms with E-state index >= 15 is 0 Å². The van der Waals surface area contributed by atoms with Crippen LogP contribution in [0.1, 0.15) is 31.5 Å². The van der Waals surface area contributed by atoms with Crippen molar-refractivity contribution >= 4 is 28.1 Å². The molecule has 1 aromatic heterocycles. The largest absolute Gasteiger partial charge is 0.497 e. The van der Waals surface area contributed by atoms with Crippen LogP contribution in [0.5, 0.6) is 17.2 Å². The Labute approximate surface area is 280 Å². The minimum Gasteiger partial charge on any atom is -0.497 e. The van der Waals surface area contributed by atoms with E-state index in [2.05, 4.69) is 10.3 Å². The van der Waals surface area contributed by atoms with Gasteiger partial charge < -0.3 is 24.5 Å². The molecule has 0 saturated carbocycles. The van der Waals surface area contributed by atoms with Gasteiger partial charge in [-0.05, 0) is 65.4 Å². The Morgan fingerprint density at radius 2 is 1.71 bits per heavy atom. The molecule has 1 aliphatic rings. The van der Waals surface area contributed by atoms with Crippen molar-refractivity contribution in [3.63, 3.8) is 0 Å². The molecule has 1 atom stereocenters. The molecule has 2 N–H and O–H groups in total. The zero-order valence-corrected chi connectivity index (χ0v) is 26.6. The number of H-pyrrole nitrogens is 1. The molecule has 0 spiro atoms. The number of aromatic amines is 1. The topological polar surface area (TPSA) is 84.9 Å². The van der Waals surface area contributed by atoms with Crippen molar-refractivity contribution in [3.05, 3.63) is 143 Å². The fourth-order valence-corrected chi connectivity index (χ4v) is 5.81. The van der Waals surface area contributed by atoms with Gasteiger partial charge >= 0.3 is 0 Å². The first-order chi connectivity index (χ1) is 23.4. The number of halogens is 2. The Balaban J connectivity index is 0.00000281. The van der Waals surface area contributed by atoms with Crippen LogP contribution in [0.2, 0.25) is 0 Å². The van der Waals surface area contributed by atoms with Crippen LogP contribution in [0.4, 0.5) is 8.78 Å². The molecule has 0 aliphatic carbocycles. The Morgan fingerprint density at radius 3 is 2.44 bits per heavy atom. The Morgan fingerprint density at radius 1 is 0.938 bits per heavy atom. The summed E-state index contributed by atoms with van der Waals surface area (Å²) in [7, 11) is 3.18. The highest BCUT2D eigenvalue weighted by Crippen LogP contribution is 2.34. The average Bonchev–Trinajstić information content (AvgIpc) is 3.30. The summed E-state index contributed by atoms with van der Waals surface area (Å²) in [6.45, 7) is 0.353. The van der Waals surface area contributed by atoms with E-state index < -0.39 is 17.7 Å². The molecular weight excluding hydrogens is 612 g/mol. The maximum Gasteiger partial charge on any atom is 0.225 e. The molecule has 48 heavy (non-hydrogen) atoms. The van der Waals surface area contributed by atoms with Crippen LogP contribution in [-0.4, -0.2) is 36.9 Å². The predicted octanol–water partition coefficient (Wildman–Crippen LogP) is 8.25. The summed E-state index contributed by atoms with van der Waals surface area (Å²) < 4.78 is 45.6. The number of benzene rings is 4. The maximum absolute atomic E-state index is 14.3.